The van der Waals surface area contributed by atoms with Gasteiger partial charge in [-0.25, -0.2) is 10.8 Å². The van der Waals surface area contributed by atoms with E-state index in [1.165, 1.54) is 12.8 Å². The van der Waals surface area contributed by atoms with Gasteiger partial charge in [-0.3, -0.25) is 0 Å². The van der Waals surface area contributed by atoms with Crippen LogP contribution in [0, 0.1) is 0 Å². The van der Waals surface area contributed by atoms with Crippen molar-refractivity contribution in [3.05, 3.63) is 54.2 Å². The highest BCUT2D eigenvalue weighted by Crippen LogP contribution is 2.34. The number of rotatable bonds is 7. The average molecular weight is 326 g/mol. The van der Waals surface area contributed by atoms with Crippen molar-refractivity contribution in [1.82, 2.24) is 14.6 Å². The number of imidazole rings is 1. The smallest absolute Gasteiger partial charge is 0.128 e. The first-order chi connectivity index (χ1) is 11.8. The summed E-state index contributed by atoms with van der Waals surface area (Å²) in [4.78, 5) is 4.21. The third kappa shape index (κ3) is 3.62. The van der Waals surface area contributed by atoms with Crippen molar-refractivity contribution in [1.29, 1.82) is 0 Å². The van der Waals surface area contributed by atoms with E-state index < -0.39 is 0 Å². The maximum atomic E-state index is 6.21. The predicted octanol–water partition coefficient (Wildman–Crippen LogP) is 3.64. The van der Waals surface area contributed by atoms with Crippen LogP contribution in [0.2, 0.25) is 0 Å². The van der Waals surface area contributed by atoms with Crippen LogP contribution in [0.4, 0.5) is 0 Å². The Morgan fingerprint density at radius 3 is 2.88 bits per heavy atom. The Morgan fingerprint density at radius 1 is 1.29 bits per heavy atom. The summed E-state index contributed by atoms with van der Waals surface area (Å²) in [5.74, 6) is 7.12. The number of hydrogen-bond donors (Lipinski definition) is 1. The van der Waals surface area contributed by atoms with Crippen molar-refractivity contribution >= 4 is 5.70 Å². The standard InChI is InChI=1S/C19H26N4O/c1-2-3-6-14-24-18-10-5-4-8-16(18)19(22-13-11-21-15-22)17-9-7-12-23(17)20/h4-5,8,10-11,13,15H,2-3,6-7,9,12,14,20H2,1H3. The summed E-state index contributed by atoms with van der Waals surface area (Å²) in [7, 11) is 0. The molecule has 128 valence electrons. The van der Waals surface area contributed by atoms with Gasteiger partial charge in [0, 0.05) is 24.5 Å². The number of nitrogens with zero attached hydrogens (tertiary/aromatic N) is 3. The highest BCUT2D eigenvalue weighted by molar-refractivity contribution is 5.73. The first-order valence-electron chi connectivity index (χ1n) is 8.77. The quantitative estimate of drug-likeness (QED) is 0.623. The maximum absolute atomic E-state index is 6.21. The van der Waals surface area contributed by atoms with Crippen molar-refractivity contribution < 1.29 is 4.74 Å². The van der Waals surface area contributed by atoms with E-state index in [2.05, 4.69) is 18.0 Å². The van der Waals surface area contributed by atoms with Gasteiger partial charge in [0.1, 0.15) is 5.75 Å². The summed E-state index contributed by atoms with van der Waals surface area (Å²) in [5.41, 5.74) is 3.27. The zero-order chi connectivity index (χ0) is 16.8. The van der Waals surface area contributed by atoms with E-state index in [1.54, 1.807) is 6.20 Å². The highest BCUT2D eigenvalue weighted by atomic mass is 16.5. The molecule has 3 rings (SSSR count). The zero-order valence-corrected chi connectivity index (χ0v) is 14.3. The maximum Gasteiger partial charge on any atom is 0.128 e. The summed E-state index contributed by atoms with van der Waals surface area (Å²) in [6.45, 7) is 3.82. The molecular weight excluding hydrogens is 300 g/mol. The Hall–Kier alpha value is -2.27. The van der Waals surface area contributed by atoms with Crippen molar-refractivity contribution in [3.63, 3.8) is 0 Å². The summed E-state index contributed by atoms with van der Waals surface area (Å²) in [6, 6.07) is 8.20. The molecule has 0 amide bonds. The van der Waals surface area contributed by atoms with Crippen LogP contribution in [-0.4, -0.2) is 27.7 Å². The molecule has 0 atom stereocenters. The normalized spacial score (nSPS) is 16.5. The van der Waals surface area contributed by atoms with Crippen molar-refractivity contribution in [3.8, 4) is 5.75 Å². The summed E-state index contributed by atoms with van der Waals surface area (Å²) >= 11 is 0. The molecular formula is C19H26N4O. The third-order valence-electron chi connectivity index (χ3n) is 4.34. The van der Waals surface area contributed by atoms with Gasteiger partial charge in [0.15, 0.2) is 0 Å². The highest BCUT2D eigenvalue weighted by Gasteiger charge is 2.22. The number of nitrogens with two attached hydrogens (primary N) is 1. The molecule has 2 heterocycles. The number of hydrogen-bond acceptors (Lipinski definition) is 4. The van der Waals surface area contributed by atoms with E-state index in [0.29, 0.717) is 0 Å². The molecule has 0 radical (unpaired) electrons. The second kappa shape index (κ2) is 8.02. The molecule has 0 aliphatic carbocycles. The predicted molar refractivity (Wildman–Crippen MR) is 96.1 cm³/mol. The second-order valence-electron chi connectivity index (χ2n) is 6.11. The number of unbranched alkanes of at least 4 members (excludes halogenated alkanes) is 2. The van der Waals surface area contributed by atoms with Gasteiger partial charge in [0.25, 0.3) is 0 Å². The minimum Gasteiger partial charge on any atom is -0.493 e. The SMILES string of the molecule is CCCCCOc1ccccc1C(=C1CCCN1N)n1ccnc1. The summed E-state index contributed by atoms with van der Waals surface area (Å²) < 4.78 is 8.12. The second-order valence-corrected chi connectivity index (χ2v) is 6.11. The molecule has 2 N–H and O–H groups in total. The number of aromatic nitrogens is 2. The van der Waals surface area contributed by atoms with E-state index in [1.807, 2.05) is 40.3 Å². The minimum atomic E-state index is 0.740. The molecule has 1 aromatic carbocycles. The van der Waals surface area contributed by atoms with Gasteiger partial charge in [0.2, 0.25) is 0 Å². The fourth-order valence-corrected chi connectivity index (χ4v) is 3.11. The van der Waals surface area contributed by atoms with Crippen molar-refractivity contribution in [2.24, 2.45) is 5.84 Å². The Labute approximate surface area is 143 Å². The molecule has 0 unspecified atom stereocenters. The number of benzene rings is 1. The topological polar surface area (TPSA) is 56.3 Å². The molecule has 5 nitrogen and oxygen atoms in total. The Bertz CT molecular complexity index is 678. The summed E-state index contributed by atoms with van der Waals surface area (Å²) in [6.07, 6.45) is 11.1. The largest absolute Gasteiger partial charge is 0.493 e. The van der Waals surface area contributed by atoms with E-state index in [9.17, 15) is 0 Å². The molecule has 1 saturated heterocycles. The van der Waals surface area contributed by atoms with E-state index >= 15 is 0 Å². The van der Waals surface area contributed by atoms with E-state index in [-0.39, 0.29) is 0 Å². The van der Waals surface area contributed by atoms with Crippen LogP contribution in [0.15, 0.2) is 48.7 Å². The van der Waals surface area contributed by atoms with Gasteiger partial charge in [-0.2, -0.15) is 0 Å². The Morgan fingerprint density at radius 2 is 2.17 bits per heavy atom. The molecule has 0 bridgehead atoms. The molecule has 1 aliphatic heterocycles. The van der Waals surface area contributed by atoms with Gasteiger partial charge >= 0.3 is 0 Å². The fourth-order valence-electron chi connectivity index (χ4n) is 3.11. The van der Waals surface area contributed by atoms with Gasteiger partial charge < -0.3 is 14.3 Å². The Kier molecular flexibility index (Phi) is 5.54. The zero-order valence-electron chi connectivity index (χ0n) is 14.3. The van der Waals surface area contributed by atoms with Crippen molar-refractivity contribution in [2.45, 2.75) is 39.0 Å². The van der Waals surface area contributed by atoms with E-state index in [0.717, 1.165) is 55.1 Å². The van der Waals surface area contributed by atoms with Crippen LogP contribution in [0.25, 0.3) is 5.70 Å². The van der Waals surface area contributed by atoms with Crippen LogP contribution < -0.4 is 10.6 Å². The lowest BCUT2D eigenvalue weighted by molar-refractivity contribution is 0.305. The lowest BCUT2D eigenvalue weighted by Gasteiger charge is -2.21. The van der Waals surface area contributed by atoms with Crippen LogP contribution >= 0.6 is 0 Å². The number of allylic oxidation sites excluding steroid dienone is 1. The van der Waals surface area contributed by atoms with Gasteiger partial charge in [-0.15, -0.1) is 0 Å². The monoisotopic (exact) mass is 326 g/mol. The number of ether oxygens (including phenoxy) is 1. The number of para-hydroxylation sites is 1. The first kappa shape index (κ1) is 16.6. The lowest BCUT2D eigenvalue weighted by Crippen LogP contribution is -2.27. The van der Waals surface area contributed by atoms with Gasteiger partial charge in [-0.1, -0.05) is 31.9 Å². The molecule has 0 spiro atoms. The van der Waals surface area contributed by atoms with Crippen LogP contribution in [0.3, 0.4) is 0 Å². The molecule has 5 heteroatoms. The van der Waals surface area contributed by atoms with E-state index in [4.69, 9.17) is 10.6 Å². The fraction of sp³-hybridized carbons (Fsp3) is 0.421. The van der Waals surface area contributed by atoms with Gasteiger partial charge in [0.05, 0.1) is 24.3 Å². The average Bonchev–Trinajstić information content (AvgIpc) is 3.26. The number of hydrazine groups is 1. The molecule has 24 heavy (non-hydrogen) atoms. The molecule has 2 aromatic rings. The Balaban J connectivity index is 1.97. The molecule has 1 aliphatic rings. The lowest BCUT2D eigenvalue weighted by atomic mass is 10.1. The van der Waals surface area contributed by atoms with Crippen LogP contribution in [-0.2, 0) is 0 Å². The minimum absolute atomic E-state index is 0.740. The third-order valence-corrected chi connectivity index (χ3v) is 4.34. The molecule has 0 saturated carbocycles. The van der Waals surface area contributed by atoms with Crippen LogP contribution in [0.5, 0.6) is 5.75 Å². The molecule has 1 aromatic heterocycles. The van der Waals surface area contributed by atoms with Crippen LogP contribution in [0.1, 0.15) is 44.6 Å². The van der Waals surface area contributed by atoms with Crippen molar-refractivity contribution in [2.75, 3.05) is 13.2 Å². The molecule has 1 fully saturated rings. The first-order valence-corrected chi connectivity index (χ1v) is 8.77. The van der Waals surface area contributed by atoms with Gasteiger partial charge in [-0.05, 0) is 31.4 Å². The summed E-state index contributed by atoms with van der Waals surface area (Å²) in [5, 5.41) is 1.85.